The fourth-order valence-electron chi connectivity index (χ4n) is 2.44. The van der Waals surface area contributed by atoms with Crippen LogP contribution in [-0.2, 0) is 10.0 Å². The van der Waals surface area contributed by atoms with E-state index in [0.717, 1.165) is 16.3 Å². The van der Waals surface area contributed by atoms with Crippen molar-refractivity contribution in [2.24, 2.45) is 0 Å². The highest BCUT2D eigenvalue weighted by Crippen LogP contribution is 2.31. The van der Waals surface area contributed by atoms with Crippen molar-refractivity contribution in [3.63, 3.8) is 0 Å². The summed E-state index contributed by atoms with van der Waals surface area (Å²) < 4.78 is 38.6. The number of nitrogens with one attached hydrogen (secondary N) is 1. The largest absolute Gasteiger partial charge is 0.497 e. The number of hydrogen-bond donors (Lipinski definition) is 1. The van der Waals surface area contributed by atoms with Crippen molar-refractivity contribution < 1.29 is 17.9 Å². The summed E-state index contributed by atoms with van der Waals surface area (Å²) >= 11 is 1.54. The van der Waals surface area contributed by atoms with Gasteiger partial charge in [0, 0.05) is 22.7 Å². The maximum atomic E-state index is 12.8. The third-order valence-electron chi connectivity index (χ3n) is 3.69. The molecule has 0 saturated heterocycles. The second-order valence-corrected chi connectivity index (χ2v) is 8.17. The van der Waals surface area contributed by atoms with Gasteiger partial charge in [0.2, 0.25) is 0 Å². The number of rotatable bonds is 6. The van der Waals surface area contributed by atoms with Gasteiger partial charge in [0.1, 0.15) is 16.4 Å². The highest BCUT2D eigenvalue weighted by molar-refractivity contribution is 7.92. The Hall–Kier alpha value is -2.58. The first-order valence-corrected chi connectivity index (χ1v) is 10.1. The predicted molar refractivity (Wildman–Crippen MR) is 103 cm³/mol. The highest BCUT2D eigenvalue weighted by atomic mass is 32.2. The first-order valence-electron chi connectivity index (χ1n) is 7.70. The van der Waals surface area contributed by atoms with Gasteiger partial charge in [0.15, 0.2) is 0 Å². The van der Waals surface area contributed by atoms with E-state index in [-0.39, 0.29) is 10.6 Å². The first-order chi connectivity index (χ1) is 12.4. The highest BCUT2D eigenvalue weighted by Gasteiger charge is 2.21. The number of aromatic nitrogens is 1. The van der Waals surface area contributed by atoms with Crippen LogP contribution in [-0.4, -0.2) is 27.6 Å². The van der Waals surface area contributed by atoms with Crippen molar-refractivity contribution in [2.45, 2.75) is 11.8 Å². The summed E-state index contributed by atoms with van der Waals surface area (Å²) in [5.41, 5.74) is 2.10. The maximum Gasteiger partial charge on any atom is 0.265 e. The molecule has 8 heteroatoms. The molecule has 3 rings (SSSR count). The first kappa shape index (κ1) is 18.2. The normalized spacial score (nSPS) is 11.2. The quantitative estimate of drug-likeness (QED) is 0.690. The van der Waals surface area contributed by atoms with E-state index in [9.17, 15) is 8.42 Å². The molecular weight excluding hydrogens is 372 g/mol. The zero-order valence-corrected chi connectivity index (χ0v) is 16.1. The summed E-state index contributed by atoms with van der Waals surface area (Å²) in [7, 11) is -0.955. The monoisotopic (exact) mass is 390 g/mol. The number of sulfonamides is 1. The molecule has 0 saturated carbocycles. The minimum atomic E-state index is -3.86. The van der Waals surface area contributed by atoms with E-state index < -0.39 is 10.0 Å². The van der Waals surface area contributed by atoms with Crippen LogP contribution in [0.4, 0.5) is 5.69 Å². The molecule has 0 fully saturated rings. The average molecular weight is 390 g/mol. The molecule has 136 valence electrons. The number of aryl methyl sites for hydroxylation is 1. The third kappa shape index (κ3) is 3.81. The summed E-state index contributed by atoms with van der Waals surface area (Å²) in [5, 5.41) is 2.89. The van der Waals surface area contributed by atoms with Gasteiger partial charge in [-0.1, -0.05) is 12.1 Å². The molecule has 0 spiro atoms. The molecule has 1 N–H and O–H groups in total. The molecule has 1 aromatic heterocycles. The van der Waals surface area contributed by atoms with E-state index in [1.165, 1.54) is 20.3 Å². The molecule has 6 nitrogen and oxygen atoms in total. The Kier molecular flexibility index (Phi) is 5.15. The molecule has 0 bridgehead atoms. The van der Waals surface area contributed by atoms with E-state index in [0.29, 0.717) is 11.4 Å². The topological polar surface area (TPSA) is 77.5 Å². The van der Waals surface area contributed by atoms with E-state index in [1.807, 2.05) is 18.4 Å². The lowest BCUT2D eigenvalue weighted by atomic mass is 10.1. The van der Waals surface area contributed by atoms with Crippen molar-refractivity contribution in [2.75, 3.05) is 18.9 Å². The summed E-state index contributed by atoms with van der Waals surface area (Å²) in [4.78, 5) is 4.44. The molecule has 0 aliphatic rings. The van der Waals surface area contributed by atoms with Crippen LogP contribution >= 0.6 is 11.3 Å². The van der Waals surface area contributed by atoms with Gasteiger partial charge in [-0.25, -0.2) is 13.4 Å². The molecule has 0 radical (unpaired) electrons. The minimum absolute atomic E-state index is 0.00857. The van der Waals surface area contributed by atoms with Gasteiger partial charge < -0.3 is 9.47 Å². The SMILES string of the molecule is COc1ccc(OC)c(S(=O)(=O)Nc2cccc(-c3csc(C)n3)c2)c1. The zero-order chi connectivity index (χ0) is 18.7. The van der Waals surface area contributed by atoms with Gasteiger partial charge in [0.25, 0.3) is 10.0 Å². The van der Waals surface area contributed by atoms with Crippen molar-refractivity contribution in [1.29, 1.82) is 0 Å². The minimum Gasteiger partial charge on any atom is -0.497 e. The number of thiazole rings is 1. The number of ether oxygens (including phenoxy) is 2. The number of anilines is 1. The Morgan fingerprint density at radius 1 is 1.08 bits per heavy atom. The van der Waals surface area contributed by atoms with Crippen molar-refractivity contribution in [3.05, 3.63) is 52.9 Å². The number of nitrogens with zero attached hydrogens (tertiary/aromatic N) is 1. The number of methoxy groups -OCH3 is 2. The van der Waals surface area contributed by atoms with E-state index in [2.05, 4.69) is 9.71 Å². The van der Waals surface area contributed by atoms with Crippen LogP contribution in [0.15, 0.2) is 52.7 Å². The zero-order valence-electron chi connectivity index (χ0n) is 14.5. The molecular formula is C18H18N2O4S2. The van der Waals surface area contributed by atoms with Gasteiger partial charge in [0.05, 0.1) is 24.9 Å². The van der Waals surface area contributed by atoms with Crippen LogP contribution in [0.3, 0.4) is 0 Å². The fourth-order valence-corrected chi connectivity index (χ4v) is 4.30. The lowest BCUT2D eigenvalue weighted by molar-refractivity contribution is 0.392. The number of benzene rings is 2. The van der Waals surface area contributed by atoms with Crippen LogP contribution in [0.2, 0.25) is 0 Å². The molecule has 1 heterocycles. The van der Waals surface area contributed by atoms with Crippen LogP contribution in [0, 0.1) is 6.92 Å². The van der Waals surface area contributed by atoms with Gasteiger partial charge in [-0.15, -0.1) is 11.3 Å². The standard InChI is InChI=1S/C18H18N2O4S2/c1-12-19-16(11-25-12)13-5-4-6-14(9-13)20-26(21,22)18-10-15(23-2)7-8-17(18)24-3/h4-11,20H,1-3H3. The summed E-state index contributed by atoms with van der Waals surface area (Å²) in [6, 6.07) is 11.7. The van der Waals surface area contributed by atoms with Gasteiger partial charge >= 0.3 is 0 Å². The van der Waals surface area contributed by atoms with Gasteiger partial charge in [-0.05, 0) is 31.2 Å². The average Bonchev–Trinajstić information content (AvgIpc) is 3.07. The van der Waals surface area contributed by atoms with Crippen LogP contribution in [0.1, 0.15) is 5.01 Å². The third-order valence-corrected chi connectivity index (χ3v) is 5.87. The molecule has 2 aromatic carbocycles. The smallest absolute Gasteiger partial charge is 0.265 e. The molecule has 3 aromatic rings. The Balaban J connectivity index is 1.95. The predicted octanol–water partition coefficient (Wildman–Crippen LogP) is 3.94. The Morgan fingerprint density at radius 2 is 1.88 bits per heavy atom. The van der Waals surface area contributed by atoms with Crippen LogP contribution in [0.25, 0.3) is 11.3 Å². The van der Waals surface area contributed by atoms with E-state index in [4.69, 9.17) is 9.47 Å². The van der Waals surface area contributed by atoms with Crippen molar-refractivity contribution in [1.82, 2.24) is 4.98 Å². The van der Waals surface area contributed by atoms with E-state index in [1.54, 1.807) is 41.7 Å². The maximum absolute atomic E-state index is 12.8. The lowest BCUT2D eigenvalue weighted by Crippen LogP contribution is -2.14. The molecule has 0 unspecified atom stereocenters. The molecule has 0 amide bonds. The number of hydrogen-bond acceptors (Lipinski definition) is 6. The Morgan fingerprint density at radius 3 is 2.54 bits per heavy atom. The summed E-state index contributed by atoms with van der Waals surface area (Å²) in [6.07, 6.45) is 0. The van der Waals surface area contributed by atoms with Crippen molar-refractivity contribution >= 4 is 27.0 Å². The van der Waals surface area contributed by atoms with Crippen molar-refractivity contribution in [3.8, 4) is 22.8 Å². The van der Waals surface area contributed by atoms with Crippen LogP contribution < -0.4 is 14.2 Å². The molecule has 0 atom stereocenters. The Bertz CT molecular complexity index is 1030. The summed E-state index contributed by atoms with van der Waals surface area (Å²) in [5.74, 6) is 0.669. The fraction of sp³-hybridized carbons (Fsp3) is 0.167. The second kappa shape index (κ2) is 7.35. The van der Waals surface area contributed by atoms with Crippen LogP contribution in [0.5, 0.6) is 11.5 Å². The summed E-state index contributed by atoms with van der Waals surface area (Å²) in [6.45, 7) is 1.93. The Labute approximate surface area is 156 Å². The molecule has 0 aliphatic carbocycles. The van der Waals surface area contributed by atoms with Gasteiger partial charge in [-0.2, -0.15) is 0 Å². The molecule has 0 aliphatic heterocycles. The second-order valence-electron chi connectivity index (χ2n) is 5.45. The van der Waals surface area contributed by atoms with E-state index >= 15 is 0 Å². The van der Waals surface area contributed by atoms with Gasteiger partial charge in [-0.3, -0.25) is 4.72 Å². The molecule has 26 heavy (non-hydrogen) atoms. The lowest BCUT2D eigenvalue weighted by Gasteiger charge is -2.13.